The summed E-state index contributed by atoms with van der Waals surface area (Å²) >= 11 is 1.72. The number of carbonyl (C=O) groups is 2. The first-order chi connectivity index (χ1) is 16.0. The first-order valence-corrected chi connectivity index (χ1v) is 13.0. The standard InChI is InChI=1S/C24H35FN4O3S/c1-28-11-9-19(14-28)23(18-7-8-20(25)21(13-18)32-16-17-5-6-17)27-33-12-4-2-3-10-29-15-22(30)26-24(29)31/h7-8,13,17,19,23,27H,2-6,9-12,14-16H2,1H3,(H,26,30,31). The lowest BCUT2D eigenvalue weighted by atomic mass is 9.93. The van der Waals surface area contributed by atoms with Gasteiger partial charge < -0.3 is 14.5 Å². The van der Waals surface area contributed by atoms with E-state index in [4.69, 9.17) is 4.74 Å². The van der Waals surface area contributed by atoms with Crippen molar-refractivity contribution in [1.29, 1.82) is 0 Å². The van der Waals surface area contributed by atoms with Gasteiger partial charge in [-0.05, 0) is 75.2 Å². The molecule has 182 valence electrons. The number of amides is 3. The van der Waals surface area contributed by atoms with Crippen LogP contribution in [0.5, 0.6) is 5.75 Å². The van der Waals surface area contributed by atoms with Gasteiger partial charge in [-0.2, -0.15) is 0 Å². The molecule has 0 aromatic heterocycles. The molecule has 3 aliphatic rings. The van der Waals surface area contributed by atoms with Crippen LogP contribution < -0.4 is 14.8 Å². The largest absolute Gasteiger partial charge is 0.490 e. The quantitative estimate of drug-likeness (QED) is 0.257. The van der Waals surface area contributed by atoms with Gasteiger partial charge >= 0.3 is 6.03 Å². The van der Waals surface area contributed by atoms with Gasteiger partial charge in [0.15, 0.2) is 11.6 Å². The highest BCUT2D eigenvalue weighted by Gasteiger charge is 2.30. The lowest BCUT2D eigenvalue weighted by Crippen LogP contribution is -2.29. The Morgan fingerprint density at radius 3 is 2.79 bits per heavy atom. The maximum atomic E-state index is 14.3. The summed E-state index contributed by atoms with van der Waals surface area (Å²) in [5.41, 5.74) is 1.08. The van der Waals surface area contributed by atoms with Crippen LogP contribution in [0.4, 0.5) is 9.18 Å². The summed E-state index contributed by atoms with van der Waals surface area (Å²) in [6.45, 7) is 3.49. The molecule has 0 bridgehead atoms. The van der Waals surface area contributed by atoms with E-state index in [0.717, 1.165) is 50.1 Å². The van der Waals surface area contributed by atoms with Gasteiger partial charge in [0.25, 0.3) is 0 Å². The van der Waals surface area contributed by atoms with Crippen LogP contribution in [0.3, 0.4) is 0 Å². The predicted octanol–water partition coefficient (Wildman–Crippen LogP) is 3.57. The van der Waals surface area contributed by atoms with Gasteiger partial charge in [-0.3, -0.25) is 14.8 Å². The normalized spacial score (nSPS) is 22.1. The van der Waals surface area contributed by atoms with Gasteiger partial charge in [-0.1, -0.05) is 24.4 Å². The number of rotatable bonds is 13. The van der Waals surface area contributed by atoms with Crippen LogP contribution in [-0.2, 0) is 4.79 Å². The third-order valence-corrected chi connectivity index (χ3v) is 7.55. The smallest absolute Gasteiger partial charge is 0.324 e. The number of ether oxygens (including phenoxy) is 1. The lowest BCUT2D eigenvalue weighted by molar-refractivity contribution is -0.118. The number of benzene rings is 1. The van der Waals surface area contributed by atoms with E-state index in [9.17, 15) is 14.0 Å². The van der Waals surface area contributed by atoms with Gasteiger partial charge in [0.2, 0.25) is 5.91 Å². The van der Waals surface area contributed by atoms with E-state index in [1.54, 1.807) is 16.8 Å². The topological polar surface area (TPSA) is 73.9 Å². The van der Waals surface area contributed by atoms with Crippen LogP contribution in [0, 0.1) is 17.7 Å². The summed E-state index contributed by atoms with van der Waals surface area (Å²) in [4.78, 5) is 26.7. The molecular weight excluding hydrogens is 443 g/mol. The molecular formula is C24H35FN4O3S. The van der Waals surface area contributed by atoms with Crippen molar-refractivity contribution in [2.24, 2.45) is 11.8 Å². The van der Waals surface area contributed by atoms with E-state index in [1.807, 2.05) is 12.1 Å². The van der Waals surface area contributed by atoms with E-state index >= 15 is 0 Å². The van der Waals surface area contributed by atoms with Gasteiger partial charge in [-0.15, -0.1) is 0 Å². The number of carbonyl (C=O) groups excluding carboxylic acids is 2. The molecule has 4 rings (SSSR count). The highest BCUT2D eigenvalue weighted by Crippen LogP contribution is 2.35. The van der Waals surface area contributed by atoms with Crippen molar-refractivity contribution in [2.75, 3.05) is 45.6 Å². The predicted molar refractivity (Wildman–Crippen MR) is 128 cm³/mol. The van der Waals surface area contributed by atoms with E-state index in [1.165, 1.54) is 18.9 Å². The van der Waals surface area contributed by atoms with Crippen LogP contribution in [-0.4, -0.2) is 67.3 Å². The summed E-state index contributed by atoms with van der Waals surface area (Å²) in [5, 5.41) is 2.31. The minimum Gasteiger partial charge on any atom is -0.490 e. The number of halogens is 1. The number of imide groups is 1. The maximum Gasteiger partial charge on any atom is 0.324 e. The average Bonchev–Trinajstić information content (AvgIpc) is 3.43. The highest BCUT2D eigenvalue weighted by molar-refractivity contribution is 7.97. The minimum absolute atomic E-state index is 0.142. The van der Waals surface area contributed by atoms with Crippen LogP contribution in [0.25, 0.3) is 0 Å². The monoisotopic (exact) mass is 478 g/mol. The van der Waals surface area contributed by atoms with Crippen LogP contribution in [0.15, 0.2) is 18.2 Å². The number of hydrogen-bond acceptors (Lipinski definition) is 6. The first kappa shape index (κ1) is 24.3. The van der Waals surface area contributed by atoms with Crippen LogP contribution in [0.2, 0.25) is 0 Å². The second kappa shape index (κ2) is 11.5. The summed E-state index contributed by atoms with van der Waals surface area (Å²) in [6, 6.07) is 5.17. The van der Waals surface area contributed by atoms with Gasteiger partial charge in [0.1, 0.15) is 6.54 Å². The fourth-order valence-electron chi connectivity index (χ4n) is 4.46. The van der Waals surface area contributed by atoms with E-state index in [0.29, 0.717) is 30.7 Å². The molecule has 0 radical (unpaired) electrons. The third kappa shape index (κ3) is 7.07. The molecule has 2 aliphatic heterocycles. The first-order valence-electron chi connectivity index (χ1n) is 12.1. The molecule has 1 aromatic carbocycles. The minimum atomic E-state index is -0.289. The maximum absolute atomic E-state index is 14.3. The molecule has 7 nitrogen and oxygen atoms in total. The van der Waals surface area contributed by atoms with Crippen molar-refractivity contribution in [2.45, 2.75) is 44.6 Å². The Labute approximate surface area is 199 Å². The number of hydrogen-bond donors (Lipinski definition) is 2. The average molecular weight is 479 g/mol. The van der Waals surface area contributed by atoms with Crippen molar-refractivity contribution >= 4 is 23.9 Å². The molecule has 1 aliphatic carbocycles. The Bertz CT molecular complexity index is 838. The number of likely N-dealkylation sites (tertiary alicyclic amines) is 1. The second-order valence-electron chi connectivity index (χ2n) is 9.53. The fraction of sp³-hybridized carbons (Fsp3) is 0.667. The van der Waals surface area contributed by atoms with E-state index in [2.05, 4.69) is 22.0 Å². The molecule has 3 amide bonds. The van der Waals surface area contributed by atoms with Gasteiger partial charge in [-0.25, -0.2) is 9.18 Å². The number of nitrogens with zero attached hydrogens (tertiary/aromatic N) is 2. The molecule has 2 N–H and O–H groups in total. The zero-order valence-electron chi connectivity index (χ0n) is 19.4. The number of urea groups is 1. The van der Waals surface area contributed by atoms with Crippen molar-refractivity contribution < 1.29 is 18.7 Å². The van der Waals surface area contributed by atoms with Gasteiger partial charge in [0, 0.05) is 24.9 Å². The molecule has 33 heavy (non-hydrogen) atoms. The molecule has 2 atom stereocenters. The number of nitrogens with one attached hydrogen (secondary N) is 2. The molecule has 1 saturated carbocycles. The lowest BCUT2D eigenvalue weighted by Gasteiger charge is -2.25. The second-order valence-corrected chi connectivity index (χ2v) is 10.5. The molecule has 0 spiro atoms. The molecule has 1 aromatic rings. The Kier molecular flexibility index (Phi) is 8.49. The Balaban J connectivity index is 1.25. The number of unbranched alkanes of at least 4 members (excludes halogenated alkanes) is 2. The zero-order valence-corrected chi connectivity index (χ0v) is 20.2. The molecule has 2 saturated heterocycles. The van der Waals surface area contributed by atoms with E-state index < -0.39 is 0 Å². The Morgan fingerprint density at radius 2 is 2.09 bits per heavy atom. The Hall–Kier alpha value is -1.84. The summed E-state index contributed by atoms with van der Waals surface area (Å²) < 4.78 is 23.8. The van der Waals surface area contributed by atoms with E-state index in [-0.39, 0.29) is 30.3 Å². The molecule has 2 heterocycles. The van der Waals surface area contributed by atoms with Crippen molar-refractivity contribution in [1.82, 2.24) is 19.8 Å². The summed E-state index contributed by atoms with van der Waals surface area (Å²) in [7, 11) is 2.15. The van der Waals surface area contributed by atoms with Crippen LogP contribution >= 0.6 is 11.9 Å². The summed E-state index contributed by atoms with van der Waals surface area (Å²) in [5.74, 6) is 1.87. The van der Waals surface area contributed by atoms with Crippen molar-refractivity contribution in [3.63, 3.8) is 0 Å². The SMILES string of the molecule is CN1CCC(C(NSCCCCCN2CC(=O)NC2=O)c2ccc(F)c(OCC3CC3)c2)C1. The van der Waals surface area contributed by atoms with Gasteiger partial charge in [0.05, 0.1) is 6.61 Å². The van der Waals surface area contributed by atoms with Crippen molar-refractivity contribution in [3.8, 4) is 5.75 Å². The van der Waals surface area contributed by atoms with Crippen molar-refractivity contribution in [3.05, 3.63) is 29.6 Å². The zero-order chi connectivity index (χ0) is 23.2. The molecule has 3 fully saturated rings. The third-order valence-electron chi connectivity index (χ3n) is 6.64. The summed E-state index contributed by atoms with van der Waals surface area (Å²) in [6.07, 6.45) is 6.38. The molecule has 9 heteroatoms. The Morgan fingerprint density at radius 1 is 1.24 bits per heavy atom. The fourth-order valence-corrected chi connectivity index (χ4v) is 5.43. The molecule has 2 unspecified atom stereocenters. The highest BCUT2D eigenvalue weighted by atomic mass is 32.2. The van der Waals surface area contributed by atoms with Crippen LogP contribution in [0.1, 0.15) is 50.1 Å².